The van der Waals surface area contributed by atoms with Crippen molar-refractivity contribution in [3.05, 3.63) is 138 Å². The highest BCUT2D eigenvalue weighted by Crippen LogP contribution is 2.40. The third kappa shape index (κ3) is 3.38. The van der Waals surface area contributed by atoms with E-state index in [1.807, 2.05) is 30.5 Å². The molecule has 0 aliphatic carbocycles. The van der Waals surface area contributed by atoms with E-state index in [0.717, 1.165) is 44.7 Å². The lowest BCUT2D eigenvalue weighted by molar-refractivity contribution is 1.05. The van der Waals surface area contributed by atoms with Crippen molar-refractivity contribution in [2.75, 3.05) is 0 Å². The van der Waals surface area contributed by atoms with E-state index in [4.69, 9.17) is 4.98 Å². The Bertz CT molecular complexity index is 2400. The van der Waals surface area contributed by atoms with E-state index in [0.29, 0.717) is 5.56 Å². The summed E-state index contributed by atoms with van der Waals surface area (Å²) in [6.45, 7) is 4.32. The Balaban J connectivity index is 1.51. The van der Waals surface area contributed by atoms with Crippen molar-refractivity contribution in [1.82, 2.24) is 14.1 Å². The lowest BCUT2D eigenvalue weighted by Gasteiger charge is -2.17. The molecule has 0 spiro atoms. The molecular formula is C38H26N4. The summed E-state index contributed by atoms with van der Waals surface area (Å²) in [5.41, 5.74) is 10.3. The zero-order chi connectivity index (χ0) is 28.4. The normalized spacial score (nSPS) is 11.5. The quantitative estimate of drug-likeness (QED) is 0.225. The third-order valence-corrected chi connectivity index (χ3v) is 8.49. The van der Waals surface area contributed by atoms with Crippen molar-refractivity contribution in [2.24, 2.45) is 0 Å². The van der Waals surface area contributed by atoms with Crippen LogP contribution in [0.5, 0.6) is 0 Å². The summed E-state index contributed by atoms with van der Waals surface area (Å²) in [5.74, 6) is 0.815. The van der Waals surface area contributed by atoms with Gasteiger partial charge in [0.1, 0.15) is 5.82 Å². The van der Waals surface area contributed by atoms with Gasteiger partial charge in [0, 0.05) is 32.7 Å². The molecule has 0 fully saturated rings. The van der Waals surface area contributed by atoms with Crippen LogP contribution in [0.1, 0.15) is 16.7 Å². The van der Waals surface area contributed by atoms with Gasteiger partial charge in [-0.2, -0.15) is 5.26 Å². The summed E-state index contributed by atoms with van der Waals surface area (Å²) in [6.07, 6.45) is 1.98. The van der Waals surface area contributed by atoms with E-state index in [-0.39, 0.29) is 0 Å². The Morgan fingerprint density at radius 2 is 1.12 bits per heavy atom. The maximum absolute atomic E-state index is 10.2. The number of fused-ring (bicyclic) bond motifs is 6. The fraction of sp³-hybridized carbons (Fsp3) is 0.0526. The van der Waals surface area contributed by atoms with Crippen LogP contribution in [0.25, 0.3) is 66.2 Å². The first-order valence-electron chi connectivity index (χ1n) is 14.1. The van der Waals surface area contributed by atoms with Crippen molar-refractivity contribution >= 4 is 43.6 Å². The summed E-state index contributed by atoms with van der Waals surface area (Å²) in [5, 5.41) is 15.0. The van der Waals surface area contributed by atoms with E-state index in [9.17, 15) is 5.26 Å². The number of hydrogen-bond acceptors (Lipinski definition) is 2. The van der Waals surface area contributed by atoms with E-state index in [2.05, 4.69) is 120 Å². The molecule has 3 heterocycles. The van der Waals surface area contributed by atoms with Crippen molar-refractivity contribution in [3.8, 4) is 28.7 Å². The molecule has 42 heavy (non-hydrogen) atoms. The fourth-order valence-corrected chi connectivity index (χ4v) is 6.67. The molecule has 8 aromatic rings. The maximum Gasteiger partial charge on any atom is 0.138 e. The minimum Gasteiger partial charge on any atom is -0.307 e. The Morgan fingerprint density at radius 3 is 1.79 bits per heavy atom. The third-order valence-electron chi connectivity index (χ3n) is 8.49. The predicted octanol–water partition coefficient (Wildman–Crippen LogP) is 9.43. The number of benzene rings is 5. The predicted molar refractivity (Wildman–Crippen MR) is 173 cm³/mol. The van der Waals surface area contributed by atoms with Gasteiger partial charge in [0.05, 0.1) is 45.6 Å². The molecule has 0 saturated heterocycles. The van der Waals surface area contributed by atoms with Crippen LogP contribution < -0.4 is 0 Å². The highest BCUT2D eigenvalue weighted by molar-refractivity contribution is 6.12. The standard InChI is InChI=1S/C38H26N4/c1-24-11-9-19-33-37(24)28-15-5-7-17-31(28)41(33)35-23-40-36(21-30(35)27-14-4-3-13-26(27)22-39)42-32-18-8-6-16-29(32)38-25(2)12-10-20-34(38)42/h3-21,23H,1-2H3. The van der Waals surface area contributed by atoms with Crippen LogP contribution in [0.15, 0.2) is 121 Å². The average molecular weight is 539 g/mol. The van der Waals surface area contributed by atoms with Gasteiger partial charge in [0.15, 0.2) is 0 Å². The number of aromatic nitrogens is 3. The Kier molecular flexibility index (Phi) is 5.29. The van der Waals surface area contributed by atoms with Gasteiger partial charge < -0.3 is 4.57 Å². The second kappa shape index (κ2) is 9.19. The fourth-order valence-electron chi connectivity index (χ4n) is 6.67. The van der Waals surface area contributed by atoms with Crippen molar-refractivity contribution in [3.63, 3.8) is 0 Å². The minimum absolute atomic E-state index is 0.630. The molecule has 0 unspecified atom stereocenters. The van der Waals surface area contributed by atoms with E-state index >= 15 is 0 Å². The van der Waals surface area contributed by atoms with Gasteiger partial charge >= 0.3 is 0 Å². The number of pyridine rings is 1. The van der Waals surface area contributed by atoms with Crippen LogP contribution in [-0.4, -0.2) is 14.1 Å². The molecular weight excluding hydrogens is 512 g/mol. The summed E-state index contributed by atoms with van der Waals surface area (Å²) < 4.78 is 4.55. The topological polar surface area (TPSA) is 46.5 Å². The molecule has 0 bridgehead atoms. The van der Waals surface area contributed by atoms with Gasteiger partial charge in [-0.1, -0.05) is 78.9 Å². The van der Waals surface area contributed by atoms with Crippen LogP contribution in [-0.2, 0) is 0 Å². The number of para-hydroxylation sites is 2. The van der Waals surface area contributed by atoms with Crippen LogP contribution >= 0.6 is 0 Å². The SMILES string of the molecule is Cc1cccc2c1c1ccccc1n2-c1cc(-c2ccccc2C#N)c(-n2c3ccccc3c3c(C)cccc32)cn1. The first-order chi connectivity index (χ1) is 20.7. The van der Waals surface area contributed by atoms with Crippen molar-refractivity contribution < 1.29 is 0 Å². The van der Waals surface area contributed by atoms with Gasteiger partial charge in [-0.15, -0.1) is 0 Å². The van der Waals surface area contributed by atoms with Gasteiger partial charge in [-0.3, -0.25) is 4.57 Å². The molecule has 3 aromatic heterocycles. The average Bonchev–Trinajstić information content (AvgIpc) is 3.55. The van der Waals surface area contributed by atoms with Crippen LogP contribution in [0.4, 0.5) is 0 Å². The number of aryl methyl sites for hydroxylation is 2. The largest absolute Gasteiger partial charge is 0.307 e. The molecule has 0 atom stereocenters. The van der Waals surface area contributed by atoms with Crippen LogP contribution in [0, 0.1) is 25.2 Å². The first kappa shape index (κ1) is 24.2. The summed E-state index contributed by atoms with van der Waals surface area (Å²) in [4.78, 5) is 5.14. The molecule has 8 rings (SSSR count). The van der Waals surface area contributed by atoms with Gasteiger partial charge in [0.25, 0.3) is 0 Å². The zero-order valence-corrected chi connectivity index (χ0v) is 23.3. The first-order valence-corrected chi connectivity index (χ1v) is 14.1. The molecule has 0 amide bonds. The second-order valence-corrected chi connectivity index (χ2v) is 10.9. The van der Waals surface area contributed by atoms with Gasteiger partial charge in [0.2, 0.25) is 0 Å². The Hall–Kier alpha value is -5.66. The second-order valence-electron chi connectivity index (χ2n) is 10.9. The molecule has 0 aliphatic heterocycles. The lowest BCUT2D eigenvalue weighted by atomic mass is 9.99. The monoisotopic (exact) mass is 538 g/mol. The number of nitriles is 1. The number of hydrogen-bond donors (Lipinski definition) is 0. The highest BCUT2D eigenvalue weighted by Gasteiger charge is 2.21. The highest BCUT2D eigenvalue weighted by atomic mass is 15.1. The van der Waals surface area contributed by atoms with E-state index in [1.165, 1.54) is 32.7 Å². The molecule has 0 aliphatic rings. The van der Waals surface area contributed by atoms with E-state index in [1.54, 1.807) is 0 Å². The zero-order valence-electron chi connectivity index (χ0n) is 23.3. The molecule has 198 valence electrons. The van der Waals surface area contributed by atoms with Crippen LogP contribution in [0.3, 0.4) is 0 Å². The molecule has 0 N–H and O–H groups in total. The molecule has 4 heteroatoms. The van der Waals surface area contributed by atoms with Gasteiger partial charge in [-0.05, 0) is 61.4 Å². The van der Waals surface area contributed by atoms with Crippen molar-refractivity contribution in [1.29, 1.82) is 5.26 Å². The van der Waals surface area contributed by atoms with Crippen molar-refractivity contribution in [2.45, 2.75) is 13.8 Å². The van der Waals surface area contributed by atoms with Gasteiger partial charge in [-0.25, -0.2) is 4.98 Å². The molecule has 4 nitrogen and oxygen atoms in total. The summed E-state index contributed by atoms with van der Waals surface area (Å²) in [7, 11) is 0. The lowest BCUT2D eigenvalue weighted by Crippen LogP contribution is -2.04. The number of nitrogens with zero attached hydrogens (tertiary/aromatic N) is 4. The maximum atomic E-state index is 10.2. The summed E-state index contributed by atoms with van der Waals surface area (Å²) >= 11 is 0. The number of rotatable bonds is 3. The summed E-state index contributed by atoms with van der Waals surface area (Å²) in [6, 6.07) is 42.3. The molecule has 0 saturated carbocycles. The van der Waals surface area contributed by atoms with Crippen LogP contribution in [0.2, 0.25) is 0 Å². The van der Waals surface area contributed by atoms with E-state index < -0.39 is 0 Å². The molecule has 5 aromatic carbocycles. The Labute approximate surface area is 243 Å². The Morgan fingerprint density at radius 1 is 0.571 bits per heavy atom. The minimum atomic E-state index is 0.630. The smallest absolute Gasteiger partial charge is 0.138 e. The molecule has 0 radical (unpaired) electrons.